The predicted molar refractivity (Wildman–Crippen MR) is 123 cm³/mol. The van der Waals surface area contributed by atoms with Crippen molar-refractivity contribution in [1.82, 2.24) is 14.8 Å². The molecule has 1 aliphatic heterocycles. The lowest BCUT2D eigenvalue weighted by atomic mass is 9.91. The van der Waals surface area contributed by atoms with Crippen molar-refractivity contribution < 1.29 is 9.72 Å². The van der Waals surface area contributed by atoms with Gasteiger partial charge in [-0.1, -0.05) is 66.2 Å². The topological polar surface area (TPSA) is 94.2 Å². The van der Waals surface area contributed by atoms with Gasteiger partial charge in [0.05, 0.1) is 17.0 Å². The average Bonchev–Trinajstić information content (AvgIpc) is 3.33. The lowest BCUT2D eigenvalue weighted by Crippen LogP contribution is -2.42. The van der Waals surface area contributed by atoms with Gasteiger partial charge in [0.2, 0.25) is 5.95 Å². The van der Waals surface area contributed by atoms with E-state index in [2.05, 4.69) is 10.1 Å². The summed E-state index contributed by atoms with van der Waals surface area (Å²) in [6.07, 6.45) is 2.03. The Labute approximate surface area is 190 Å². The van der Waals surface area contributed by atoms with E-state index in [0.29, 0.717) is 12.4 Å². The Morgan fingerprint density at radius 3 is 2.42 bits per heavy atom. The number of benzene rings is 3. The van der Waals surface area contributed by atoms with E-state index >= 15 is 0 Å². The highest BCUT2D eigenvalue weighted by Crippen LogP contribution is 2.42. The van der Waals surface area contributed by atoms with Crippen LogP contribution in [0.4, 0.5) is 11.6 Å². The van der Waals surface area contributed by atoms with Crippen molar-refractivity contribution in [3.05, 3.63) is 118 Å². The summed E-state index contributed by atoms with van der Waals surface area (Å²) in [5.74, 6) is 0.0576. The Balaban J connectivity index is 1.64. The first kappa shape index (κ1) is 20.6. The van der Waals surface area contributed by atoms with E-state index in [-0.39, 0.29) is 29.2 Å². The second kappa shape index (κ2) is 8.31. The fourth-order valence-corrected chi connectivity index (χ4v) is 4.34. The van der Waals surface area contributed by atoms with Crippen LogP contribution in [0.3, 0.4) is 0 Å². The van der Waals surface area contributed by atoms with Crippen LogP contribution in [-0.4, -0.2) is 25.6 Å². The summed E-state index contributed by atoms with van der Waals surface area (Å²) in [4.78, 5) is 30.6. The number of hydrogen-bond donors (Lipinski definition) is 0. The summed E-state index contributed by atoms with van der Waals surface area (Å²) < 4.78 is 1.76. The molecule has 1 aromatic heterocycles. The van der Waals surface area contributed by atoms with E-state index in [1.54, 1.807) is 15.6 Å². The fourth-order valence-electron chi connectivity index (χ4n) is 4.34. The number of nitro benzene ring substituents is 1. The molecule has 1 amide bonds. The molecule has 0 aliphatic carbocycles. The van der Waals surface area contributed by atoms with Gasteiger partial charge in [-0.15, -0.1) is 0 Å². The fraction of sp³-hybridized carbons (Fsp3) is 0.160. The standard InChI is InChI=1S/C25H21N5O3/c1-17-10-12-19(13-11-17)22-15-23(18-6-3-2-4-7-18)29-25(26-16-27-29)28(22)24(31)20-8-5-9-21(14-20)30(32)33/h2-14,16,22-23H,15H2,1H3/t22-,23+/m0/s1. The highest BCUT2D eigenvalue weighted by Gasteiger charge is 2.39. The number of fused-ring (bicyclic) bond motifs is 1. The van der Waals surface area contributed by atoms with Gasteiger partial charge in [0.1, 0.15) is 6.33 Å². The van der Waals surface area contributed by atoms with Crippen LogP contribution in [0, 0.1) is 17.0 Å². The number of hydrogen-bond acceptors (Lipinski definition) is 5. The highest BCUT2D eigenvalue weighted by molar-refractivity contribution is 6.06. The Bertz CT molecular complexity index is 1320. The zero-order valence-electron chi connectivity index (χ0n) is 17.9. The van der Waals surface area contributed by atoms with Gasteiger partial charge >= 0.3 is 0 Å². The third-order valence-electron chi connectivity index (χ3n) is 5.99. The molecule has 4 aromatic rings. The van der Waals surface area contributed by atoms with Crippen molar-refractivity contribution in [2.75, 3.05) is 4.90 Å². The molecule has 3 aromatic carbocycles. The van der Waals surface area contributed by atoms with Crippen LogP contribution in [0.5, 0.6) is 0 Å². The van der Waals surface area contributed by atoms with Gasteiger partial charge in [0.25, 0.3) is 11.6 Å². The van der Waals surface area contributed by atoms with Crippen LogP contribution in [0.15, 0.2) is 85.2 Å². The Kier molecular flexibility index (Phi) is 5.18. The molecule has 0 unspecified atom stereocenters. The molecule has 0 N–H and O–H groups in total. The first-order valence-corrected chi connectivity index (χ1v) is 10.6. The predicted octanol–water partition coefficient (Wildman–Crippen LogP) is 4.88. The number of non-ortho nitro benzene ring substituents is 1. The van der Waals surface area contributed by atoms with Crippen LogP contribution in [0.25, 0.3) is 0 Å². The molecule has 0 spiro atoms. The van der Waals surface area contributed by atoms with Crippen molar-refractivity contribution in [3.63, 3.8) is 0 Å². The molecular formula is C25H21N5O3. The normalized spacial score (nSPS) is 17.4. The van der Waals surface area contributed by atoms with E-state index < -0.39 is 4.92 Å². The summed E-state index contributed by atoms with van der Waals surface area (Å²) in [5.41, 5.74) is 3.26. The van der Waals surface area contributed by atoms with Gasteiger partial charge in [0, 0.05) is 17.7 Å². The first-order chi connectivity index (χ1) is 16.0. The third-order valence-corrected chi connectivity index (χ3v) is 5.99. The Morgan fingerprint density at radius 2 is 1.70 bits per heavy atom. The summed E-state index contributed by atoms with van der Waals surface area (Å²) in [6, 6.07) is 23.4. The third kappa shape index (κ3) is 3.76. The summed E-state index contributed by atoms with van der Waals surface area (Å²) in [5, 5.41) is 15.7. The average molecular weight is 439 g/mol. The number of amides is 1. The SMILES string of the molecule is Cc1ccc([C@@H]2C[C@H](c3ccccc3)n3ncnc3N2C(=O)c2cccc([N+](=O)[O-])c2)cc1. The van der Waals surface area contributed by atoms with Gasteiger partial charge < -0.3 is 0 Å². The molecule has 2 atom stereocenters. The van der Waals surface area contributed by atoms with Gasteiger partial charge in [-0.25, -0.2) is 4.68 Å². The molecule has 5 rings (SSSR count). The molecule has 0 bridgehead atoms. The lowest BCUT2D eigenvalue weighted by molar-refractivity contribution is -0.384. The zero-order chi connectivity index (χ0) is 22.9. The molecular weight excluding hydrogens is 418 g/mol. The molecule has 8 nitrogen and oxygen atoms in total. The van der Waals surface area contributed by atoms with Crippen LogP contribution < -0.4 is 4.90 Å². The molecule has 0 saturated heterocycles. The Morgan fingerprint density at radius 1 is 0.970 bits per heavy atom. The number of carbonyl (C=O) groups is 1. The van der Waals surface area contributed by atoms with Crippen LogP contribution in [0.2, 0.25) is 0 Å². The summed E-state index contributed by atoms with van der Waals surface area (Å²) >= 11 is 0. The van der Waals surface area contributed by atoms with Crippen LogP contribution in [-0.2, 0) is 0 Å². The van der Waals surface area contributed by atoms with Crippen molar-refractivity contribution in [3.8, 4) is 0 Å². The zero-order valence-corrected chi connectivity index (χ0v) is 17.9. The molecule has 0 fully saturated rings. The minimum Gasteiger partial charge on any atom is -0.269 e. The molecule has 164 valence electrons. The number of carbonyl (C=O) groups excluding carboxylic acids is 1. The van der Waals surface area contributed by atoms with Crippen LogP contribution in [0.1, 0.15) is 45.6 Å². The minimum atomic E-state index is -0.502. The largest absolute Gasteiger partial charge is 0.270 e. The minimum absolute atomic E-state index is 0.107. The quantitative estimate of drug-likeness (QED) is 0.334. The Hall–Kier alpha value is -4.33. The number of rotatable bonds is 4. The molecule has 8 heteroatoms. The summed E-state index contributed by atoms with van der Waals surface area (Å²) in [6.45, 7) is 2.01. The number of nitrogens with zero attached hydrogens (tertiary/aromatic N) is 5. The van der Waals surface area contributed by atoms with Gasteiger partial charge in [0.15, 0.2) is 0 Å². The first-order valence-electron chi connectivity index (χ1n) is 10.6. The molecule has 0 saturated carbocycles. The molecule has 33 heavy (non-hydrogen) atoms. The van der Waals surface area contributed by atoms with Crippen molar-refractivity contribution in [1.29, 1.82) is 0 Å². The molecule has 1 aliphatic rings. The highest BCUT2D eigenvalue weighted by atomic mass is 16.6. The molecule has 2 heterocycles. The van der Waals surface area contributed by atoms with Crippen molar-refractivity contribution in [2.45, 2.75) is 25.4 Å². The van der Waals surface area contributed by atoms with E-state index in [1.165, 1.54) is 24.5 Å². The monoisotopic (exact) mass is 439 g/mol. The maximum absolute atomic E-state index is 13.8. The maximum atomic E-state index is 13.8. The smallest absolute Gasteiger partial charge is 0.269 e. The number of aryl methyl sites for hydroxylation is 1. The van der Waals surface area contributed by atoms with Crippen molar-refractivity contribution >= 4 is 17.5 Å². The number of anilines is 1. The van der Waals surface area contributed by atoms with Gasteiger partial charge in [-0.3, -0.25) is 19.8 Å². The van der Waals surface area contributed by atoms with E-state index in [0.717, 1.165) is 16.7 Å². The number of nitro groups is 1. The molecule has 0 radical (unpaired) electrons. The van der Waals surface area contributed by atoms with Gasteiger partial charge in [-0.05, 0) is 30.5 Å². The van der Waals surface area contributed by atoms with Gasteiger partial charge in [-0.2, -0.15) is 10.1 Å². The number of aromatic nitrogens is 3. The van der Waals surface area contributed by atoms with Crippen molar-refractivity contribution in [2.24, 2.45) is 0 Å². The van der Waals surface area contributed by atoms with E-state index in [4.69, 9.17) is 0 Å². The summed E-state index contributed by atoms with van der Waals surface area (Å²) in [7, 11) is 0. The lowest BCUT2D eigenvalue weighted by Gasteiger charge is -2.39. The second-order valence-electron chi connectivity index (χ2n) is 8.08. The van der Waals surface area contributed by atoms with E-state index in [9.17, 15) is 14.9 Å². The van der Waals surface area contributed by atoms with E-state index in [1.807, 2.05) is 61.5 Å². The second-order valence-corrected chi connectivity index (χ2v) is 8.08. The van der Waals surface area contributed by atoms with Crippen LogP contribution >= 0.6 is 0 Å². The maximum Gasteiger partial charge on any atom is 0.270 e.